The maximum atomic E-state index is 12.9. The maximum Gasteiger partial charge on any atom is 0.402 e. The number of nitrogens with zero attached hydrogens (tertiary/aromatic N) is 1. The molecule has 0 amide bonds. The molecule has 0 aromatic heterocycles. The second-order valence-corrected chi connectivity index (χ2v) is 7.30. The first kappa shape index (κ1) is 19.7. The summed E-state index contributed by atoms with van der Waals surface area (Å²) in [5.41, 5.74) is -0.393. The Labute approximate surface area is 147 Å². The Morgan fingerprint density at radius 3 is 2.23 bits per heavy atom. The standard InChI is InChI=1S/C16H14F3NO5S/c17-16(18,19)10-20(9-11-4-2-1-3-5-11)26(24,25)12-6-7-14(21)13(8-12)15(22)23/h1-8,21H,9-10H2,(H,22,23). The number of aromatic carboxylic acids is 1. The van der Waals surface area contributed by atoms with E-state index in [1.54, 1.807) is 18.2 Å². The van der Waals surface area contributed by atoms with Crippen LogP contribution in [0.1, 0.15) is 15.9 Å². The predicted octanol–water partition coefficient (Wildman–Crippen LogP) is 2.84. The van der Waals surface area contributed by atoms with Crippen molar-refractivity contribution in [2.24, 2.45) is 0 Å². The molecular formula is C16H14F3NO5S. The molecule has 0 atom stereocenters. The first-order chi connectivity index (χ1) is 12.0. The van der Waals surface area contributed by atoms with Crippen molar-refractivity contribution in [3.05, 3.63) is 59.7 Å². The topological polar surface area (TPSA) is 94.9 Å². The van der Waals surface area contributed by atoms with Crippen LogP contribution in [0.25, 0.3) is 0 Å². The summed E-state index contributed by atoms with van der Waals surface area (Å²) in [4.78, 5) is 10.4. The molecule has 0 fully saturated rings. The van der Waals surface area contributed by atoms with Gasteiger partial charge in [-0.05, 0) is 23.8 Å². The van der Waals surface area contributed by atoms with E-state index in [1.807, 2.05) is 0 Å². The minimum Gasteiger partial charge on any atom is -0.507 e. The van der Waals surface area contributed by atoms with Gasteiger partial charge < -0.3 is 10.2 Å². The molecule has 6 nitrogen and oxygen atoms in total. The third kappa shape index (κ3) is 4.73. The van der Waals surface area contributed by atoms with Crippen LogP contribution >= 0.6 is 0 Å². The summed E-state index contributed by atoms with van der Waals surface area (Å²) in [6, 6.07) is 9.97. The zero-order valence-corrected chi connectivity index (χ0v) is 14.0. The molecule has 0 saturated carbocycles. The van der Waals surface area contributed by atoms with Crippen molar-refractivity contribution in [2.75, 3.05) is 6.54 Å². The van der Waals surface area contributed by atoms with Gasteiger partial charge in [0.25, 0.3) is 0 Å². The van der Waals surface area contributed by atoms with Crippen LogP contribution in [0.3, 0.4) is 0 Å². The molecule has 2 aromatic rings. The van der Waals surface area contributed by atoms with E-state index in [0.717, 1.165) is 12.1 Å². The van der Waals surface area contributed by atoms with Gasteiger partial charge >= 0.3 is 12.1 Å². The summed E-state index contributed by atoms with van der Waals surface area (Å²) >= 11 is 0. The van der Waals surface area contributed by atoms with E-state index in [9.17, 15) is 31.5 Å². The van der Waals surface area contributed by atoms with Gasteiger partial charge in [0.15, 0.2) is 0 Å². The van der Waals surface area contributed by atoms with Gasteiger partial charge in [-0.1, -0.05) is 30.3 Å². The lowest BCUT2D eigenvalue weighted by Crippen LogP contribution is -2.38. The number of aromatic hydroxyl groups is 1. The average molecular weight is 389 g/mol. The summed E-state index contributed by atoms with van der Waals surface area (Å²) in [5.74, 6) is -2.30. The number of carboxylic acid groups (broad SMARTS) is 1. The number of sulfonamides is 1. The number of carbonyl (C=O) groups is 1. The average Bonchev–Trinajstić information content (AvgIpc) is 2.54. The van der Waals surface area contributed by atoms with Gasteiger partial charge in [-0.25, -0.2) is 13.2 Å². The fourth-order valence-corrected chi connectivity index (χ4v) is 3.65. The van der Waals surface area contributed by atoms with E-state index >= 15 is 0 Å². The molecular weight excluding hydrogens is 375 g/mol. The Balaban J connectivity index is 2.48. The highest BCUT2D eigenvalue weighted by Gasteiger charge is 2.37. The van der Waals surface area contributed by atoms with Crippen LogP contribution in [0.15, 0.2) is 53.4 Å². The first-order valence-electron chi connectivity index (χ1n) is 7.18. The molecule has 0 aliphatic heterocycles. The van der Waals surface area contributed by atoms with Crippen molar-refractivity contribution >= 4 is 16.0 Å². The summed E-state index contributed by atoms with van der Waals surface area (Å²) < 4.78 is 64.2. The van der Waals surface area contributed by atoms with Gasteiger partial charge in [0.2, 0.25) is 10.0 Å². The Morgan fingerprint density at radius 2 is 1.69 bits per heavy atom. The second kappa shape index (κ2) is 7.34. The lowest BCUT2D eigenvalue weighted by atomic mass is 10.2. The third-order valence-electron chi connectivity index (χ3n) is 3.39. The van der Waals surface area contributed by atoms with Crippen LogP contribution in [0.4, 0.5) is 13.2 Å². The lowest BCUT2D eigenvalue weighted by Gasteiger charge is -2.23. The highest BCUT2D eigenvalue weighted by molar-refractivity contribution is 7.89. The van der Waals surface area contributed by atoms with Gasteiger partial charge in [-0.15, -0.1) is 0 Å². The van der Waals surface area contributed by atoms with Crippen molar-refractivity contribution in [2.45, 2.75) is 17.6 Å². The molecule has 2 aromatic carbocycles. The van der Waals surface area contributed by atoms with E-state index in [0.29, 0.717) is 11.6 Å². The van der Waals surface area contributed by atoms with Crippen molar-refractivity contribution in [3.63, 3.8) is 0 Å². The summed E-state index contributed by atoms with van der Waals surface area (Å²) in [6.07, 6.45) is -4.80. The van der Waals surface area contributed by atoms with E-state index < -0.39 is 51.5 Å². The number of hydrogen-bond acceptors (Lipinski definition) is 4. The minimum atomic E-state index is -4.80. The number of halogens is 3. The summed E-state index contributed by atoms with van der Waals surface area (Å²) in [5, 5.41) is 18.4. The normalized spacial score (nSPS) is 12.3. The Bertz CT molecular complexity index is 898. The van der Waals surface area contributed by atoms with Crippen molar-refractivity contribution < 1.29 is 36.6 Å². The number of benzene rings is 2. The lowest BCUT2D eigenvalue weighted by molar-refractivity contribution is -0.136. The third-order valence-corrected chi connectivity index (χ3v) is 5.18. The molecule has 10 heteroatoms. The fraction of sp³-hybridized carbons (Fsp3) is 0.188. The van der Waals surface area contributed by atoms with E-state index in [1.165, 1.54) is 12.1 Å². The molecule has 0 aliphatic rings. The summed E-state index contributed by atoms with van der Waals surface area (Å²) in [7, 11) is -4.67. The van der Waals surface area contributed by atoms with Crippen LogP contribution in [0.2, 0.25) is 0 Å². The molecule has 140 valence electrons. The molecule has 2 rings (SSSR count). The predicted molar refractivity (Wildman–Crippen MR) is 85.2 cm³/mol. The molecule has 2 N–H and O–H groups in total. The van der Waals surface area contributed by atoms with Crippen LogP contribution in [0.5, 0.6) is 5.75 Å². The Kier molecular flexibility index (Phi) is 5.57. The largest absolute Gasteiger partial charge is 0.507 e. The van der Waals surface area contributed by atoms with Gasteiger partial charge in [0.05, 0.1) is 4.90 Å². The van der Waals surface area contributed by atoms with E-state index in [-0.39, 0.29) is 4.31 Å². The van der Waals surface area contributed by atoms with Crippen LogP contribution in [0, 0.1) is 0 Å². The van der Waals surface area contributed by atoms with Gasteiger partial charge in [-0.2, -0.15) is 17.5 Å². The van der Waals surface area contributed by atoms with Crippen LogP contribution < -0.4 is 0 Å². The number of alkyl halides is 3. The maximum absolute atomic E-state index is 12.9. The minimum absolute atomic E-state index is 0.209. The highest BCUT2D eigenvalue weighted by Crippen LogP contribution is 2.27. The van der Waals surface area contributed by atoms with Gasteiger partial charge in [0.1, 0.15) is 17.9 Å². The Morgan fingerprint density at radius 1 is 1.08 bits per heavy atom. The Hall–Kier alpha value is -2.59. The molecule has 0 radical (unpaired) electrons. The quantitative estimate of drug-likeness (QED) is 0.792. The van der Waals surface area contributed by atoms with Gasteiger partial charge in [0, 0.05) is 6.54 Å². The highest BCUT2D eigenvalue weighted by atomic mass is 32.2. The zero-order valence-electron chi connectivity index (χ0n) is 13.1. The molecule has 0 heterocycles. The number of hydrogen-bond donors (Lipinski definition) is 2. The molecule has 26 heavy (non-hydrogen) atoms. The van der Waals surface area contributed by atoms with Crippen LogP contribution in [-0.2, 0) is 16.6 Å². The molecule has 0 saturated heterocycles. The molecule has 0 bridgehead atoms. The SMILES string of the molecule is O=C(O)c1cc(S(=O)(=O)N(Cc2ccccc2)CC(F)(F)F)ccc1O. The van der Waals surface area contributed by atoms with Crippen LogP contribution in [-0.4, -0.2) is 41.6 Å². The second-order valence-electron chi connectivity index (χ2n) is 5.36. The zero-order chi connectivity index (χ0) is 19.5. The summed E-state index contributed by atoms with van der Waals surface area (Å²) in [6.45, 7) is -2.29. The van der Waals surface area contributed by atoms with E-state index in [4.69, 9.17) is 5.11 Å². The number of phenols is 1. The molecule has 0 spiro atoms. The first-order valence-corrected chi connectivity index (χ1v) is 8.62. The van der Waals surface area contributed by atoms with Crippen molar-refractivity contribution in [1.82, 2.24) is 4.31 Å². The number of carboxylic acids is 1. The molecule has 0 aliphatic carbocycles. The van der Waals surface area contributed by atoms with Gasteiger partial charge in [-0.3, -0.25) is 0 Å². The van der Waals surface area contributed by atoms with E-state index in [2.05, 4.69) is 0 Å². The monoisotopic (exact) mass is 389 g/mol. The van der Waals surface area contributed by atoms with Crippen molar-refractivity contribution in [1.29, 1.82) is 0 Å². The number of rotatable bonds is 6. The van der Waals surface area contributed by atoms with Crippen molar-refractivity contribution in [3.8, 4) is 5.75 Å². The molecule has 0 unspecified atom stereocenters. The fourth-order valence-electron chi connectivity index (χ4n) is 2.21. The smallest absolute Gasteiger partial charge is 0.402 e.